The normalized spacial score (nSPS) is 13.1. The van der Waals surface area contributed by atoms with Gasteiger partial charge in [0.2, 0.25) is 5.91 Å². The molecule has 2 N–H and O–H groups in total. The van der Waals surface area contributed by atoms with E-state index in [2.05, 4.69) is 29.6 Å². The Balaban J connectivity index is 1.53. The molecule has 1 aliphatic carbocycles. The van der Waals surface area contributed by atoms with Crippen molar-refractivity contribution in [3.63, 3.8) is 0 Å². The van der Waals surface area contributed by atoms with Crippen LogP contribution in [0.15, 0.2) is 48.5 Å². The third-order valence-corrected chi connectivity index (χ3v) is 5.63. The van der Waals surface area contributed by atoms with Gasteiger partial charge >= 0.3 is 12.1 Å². The van der Waals surface area contributed by atoms with E-state index in [1.807, 2.05) is 31.2 Å². The number of aliphatic carboxylic acids is 1. The summed E-state index contributed by atoms with van der Waals surface area (Å²) in [5.41, 5.74) is 4.60. The lowest BCUT2D eigenvalue weighted by molar-refractivity contribution is -0.138. The Morgan fingerprint density at radius 2 is 1.62 bits per heavy atom. The number of fused-ring (bicyclic) bond motifs is 3. The van der Waals surface area contributed by atoms with Crippen molar-refractivity contribution in [2.45, 2.75) is 45.1 Å². The lowest BCUT2D eigenvalue weighted by atomic mass is 9.98. The molecule has 3 rings (SSSR count). The summed E-state index contributed by atoms with van der Waals surface area (Å²) in [6.45, 7) is 4.53. The summed E-state index contributed by atoms with van der Waals surface area (Å²) in [5.74, 6) is -1.15. The van der Waals surface area contributed by atoms with Gasteiger partial charge in [-0.2, -0.15) is 0 Å². The van der Waals surface area contributed by atoms with Crippen LogP contribution in [0.4, 0.5) is 4.79 Å². The molecule has 1 unspecified atom stereocenters. The molecule has 2 aromatic rings. The van der Waals surface area contributed by atoms with Crippen molar-refractivity contribution < 1.29 is 24.2 Å². The molecule has 0 aromatic heterocycles. The van der Waals surface area contributed by atoms with Crippen LogP contribution in [-0.2, 0) is 14.3 Å². The zero-order valence-corrected chi connectivity index (χ0v) is 18.5. The maximum absolute atomic E-state index is 12.5. The number of ether oxygens (including phenoxy) is 1. The molecule has 32 heavy (non-hydrogen) atoms. The van der Waals surface area contributed by atoms with E-state index in [-0.39, 0.29) is 37.8 Å². The molecule has 170 valence electrons. The average Bonchev–Trinajstić information content (AvgIpc) is 3.08. The highest BCUT2D eigenvalue weighted by molar-refractivity contribution is 5.80. The predicted molar refractivity (Wildman–Crippen MR) is 121 cm³/mol. The van der Waals surface area contributed by atoms with E-state index in [9.17, 15) is 14.4 Å². The number of hydrogen-bond donors (Lipinski definition) is 2. The lowest BCUT2D eigenvalue weighted by Gasteiger charge is -2.23. The van der Waals surface area contributed by atoms with Gasteiger partial charge in [-0.05, 0) is 35.6 Å². The number of carbonyl (C=O) groups excluding carboxylic acids is 2. The highest BCUT2D eigenvalue weighted by Crippen LogP contribution is 2.44. The van der Waals surface area contributed by atoms with Gasteiger partial charge in [0.15, 0.2) is 0 Å². The van der Waals surface area contributed by atoms with Crippen molar-refractivity contribution in [1.29, 1.82) is 0 Å². The van der Waals surface area contributed by atoms with Crippen molar-refractivity contribution >= 4 is 18.0 Å². The van der Waals surface area contributed by atoms with Crippen LogP contribution in [-0.4, -0.2) is 53.7 Å². The molecule has 1 atom stereocenters. The Hall–Kier alpha value is -3.35. The van der Waals surface area contributed by atoms with E-state index in [1.165, 1.54) is 4.90 Å². The van der Waals surface area contributed by atoms with Crippen LogP contribution in [0.1, 0.15) is 50.2 Å². The first-order valence-corrected chi connectivity index (χ1v) is 11.0. The van der Waals surface area contributed by atoms with E-state index in [1.54, 1.807) is 6.92 Å². The zero-order valence-electron chi connectivity index (χ0n) is 18.5. The molecule has 0 spiro atoms. The van der Waals surface area contributed by atoms with E-state index in [0.717, 1.165) is 28.7 Å². The minimum atomic E-state index is -0.941. The van der Waals surface area contributed by atoms with Crippen LogP contribution in [0.25, 0.3) is 11.1 Å². The third-order valence-electron chi connectivity index (χ3n) is 5.63. The Kier molecular flexibility index (Phi) is 7.87. The summed E-state index contributed by atoms with van der Waals surface area (Å²) < 4.78 is 5.53. The summed E-state index contributed by atoms with van der Waals surface area (Å²) in [7, 11) is 0. The number of nitrogens with zero attached hydrogens (tertiary/aromatic N) is 1. The fourth-order valence-electron chi connectivity index (χ4n) is 4.15. The van der Waals surface area contributed by atoms with Crippen molar-refractivity contribution in [2.24, 2.45) is 0 Å². The molecule has 0 bridgehead atoms. The molecular weight excluding hydrogens is 408 g/mol. The molecule has 0 saturated heterocycles. The van der Waals surface area contributed by atoms with Crippen molar-refractivity contribution in [3.8, 4) is 11.1 Å². The van der Waals surface area contributed by atoms with Crippen molar-refractivity contribution in [1.82, 2.24) is 10.2 Å². The van der Waals surface area contributed by atoms with E-state index in [4.69, 9.17) is 9.84 Å². The number of benzene rings is 2. The Morgan fingerprint density at radius 1 is 1.03 bits per heavy atom. The second-order valence-corrected chi connectivity index (χ2v) is 8.10. The first-order chi connectivity index (χ1) is 15.4. The fraction of sp³-hybridized carbons (Fsp3) is 0.400. The van der Waals surface area contributed by atoms with Gasteiger partial charge in [-0.1, -0.05) is 55.5 Å². The maximum atomic E-state index is 12.5. The van der Waals surface area contributed by atoms with Crippen molar-refractivity contribution in [2.75, 3.05) is 19.7 Å². The number of carbonyl (C=O) groups is 3. The average molecular weight is 439 g/mol. The van der Waals surface area contributed by atoms with Crippen molar-refractivity contribution in [3.05, 3.63) is 59.7 Å². The van der Waals surface area contributed by atoms with Crippen LogP contribution in [0.3, 0.4) is 0 Å². The molecule has 0 aliphatic heterocycles. The van der Waals surface area contributed by atoms with Crippen LogP contribution < -0.4 is 5.32 Å². The molecule has 0 saturated carbocycles. The molecule has 0 fully saturated rings. The standard InChI is InChI=1S/C25H30N2O5/c1-3-13-27(14-12-24(29)30)23(28)15-17(2)26-25(31)32-16-22-20-10-6-4-8-18(20)19-9-5-7-11-21(19)22/h4-11,17,22H,3,12-16H2,1-2H3,(H,26,31)(H,29,30). The van der Waals surface area contributed by atoms with Crippen LogP contribution in [0, 0.1) is 0 Å². The Labute approximate surface area is 188 Å². The quantitative estimate of drug-likeness (QED) is 0.584. The molecule has 1 aliphatic rings. The molecular formula is C25H30N2O5. The fourth-order valence-corrected chi connectivity index (χ4v) is 4.15. The minimum Gasteiger partial charge on any atom is -0.481 e. The van der Waals surface area contributed by atoms with Gasteiger partial charge in [-0.3, -0.25) is 9.59 Å². The summed E-state index contributed by atoms with van der Waals surface area (Å²) in [6, 6.07) is 15.8. The van der Waals surface area contributed by atoms with Gasteiger partial charge in [0, 0.05) is 31.5 Å². The van der Waals surface area contributed by atoms with Crippen LogP contribution >= 0.6 is 0 Å². The number of hydrogen-bond acceptors (Lipinski definition) is 4. The number of nitrogens with one attached hydrogen (secondary N) is 1. The predicted octanol–water partition coefficient (Wildman–Crippen LogP) is 4.02. The molecule has 2 aromatic carbocycles. The second kappa shape index (κ2) is 10.8. The van der Waals surface area contributed by atoms with E-state index >= 15 is 0 Å². The number of alkyl carbamates (subject to hydrolysis) is 1. The highest BCUT2D eigenvalue weighted by Gasteiger charge is 2.29. The molecule has 0 radical (unpaired) electrons. The molecule has 2 amide bonds. The molecule has 0 heterocycles. The summed E-state index contributed by atoms with van der Waals surface area (Å²) in [4.78, 5) is 37.3. The summed E-state index contributed by atoms with van der Waals surface area (Å²) >= 11 is 0. The Bertz CT molecular complexity index is 929. The molecule has 7 nitrogen and oxygen atoms in total. The van der Waals surface area contributed by atoms with Crippen LogP contribution in [0.5, 0.6) is 0 Å². The highest BCUT2D eigenvalue weighted by atomic mass is 16.5. The maximum Gasteiger partial charge on any atom is 0.407 e. The first kappa shape index (κ1) is 23.3. The van der Waals surface area contributed by atoms with Gasteiger partial charge in [0.1, 0.15) is 6.61 Å². The number of carboxylic acid groups (broad SMARTS) is 1. The lowest BCUT2D eigenvalue weighted by Crippen LogP contribution is -2.40. The van der Waals surface area contributed by atoms with Gasteiger partial charge in [0.25, 0.3) is 0 Å². The monoisotopic (exact) mass is 438 g/mol. The topological polar surface area (TPSA) is 95.9 Å². The van der Waals surface area contributed by atoms with Gasteiger partial charge < -0.3 is 20.1 Å². The van der Waals surface area contributed by atoms with Gasteiger partial charge in [-0.15, -0.1) is 0 Å². The third kappa shape index (κ3) is 5.66. The largest absolute Gasteiger partial charge is 0.481 e. The van der Waals surface area contributed by atoms with Gasteiger partial charge in [0.05, 0.1) is 6.42 Å². The first-order valence-electron chi connectivity index (χ1n) is 11.0. The van der Waals surface area contributed by atoms with E-state index < -0.39 is 18.1 Å². The zero-order chi connectivity index (χ0) is 23.1. The Morgan fingerprint density at radius 3 is 2.19 bits per heavy atom. The van der Waals surface area contributed by atoms with Crippen LogP contribution in [0.2, 0.25) is 0 Å². The number of amides is 2. The minimum absolute atomic E-state index is 0.0267. The molecule has 7 heteroatoms. The van der Waals surface area contributed by atoms with Gasteiger partial charge in [-0.25, -0.2) is 4.79 Å². The number of rotatable bonds is 10. The smallest absolute Gasteiger partial charge is 0.407 e. The SMILES string of the molecule is CCCN(CCC(=O)O)C(=O)CC(C)NC(=O)OCC1c2ccccc2-c2ccccc21. The summed E-state index contributed by atoms with van der Waals surface area (Å²) in [5, 5.41) is 11.6. The van der Waals surface area contributed by atoms with E-state index in [0.29, 0.717) is 6.54 Å². The second-order valence-electron chi connectivity index (χ2n) is 8.10. The number of carboxylic acids is 1. The summed E-state index contributed by atoms with van der Waals surface area (Å²) in [6.07, 6.45) is 0.156.